The largest absolute Gasteiger partial charge is 0.480 e. The number of aromatic nitrogens is 3. The van der Waals surface area contributed by atoms with E-state index in [9.17, 15) is 4.79 Å². The number of nitrogens with zero attached hydrogens (tertiary/aromatic N) is 4. The molecule has 1 saturated heterocycles. The second-order valence-corrected chi connectivity index (χ2v) is 23.1. The first-order chi connectivity index (χ1) is 26.0. The molecule has 3 atom stereocenters. The Morgan fingerprint density at radius 2 is 1.64 bits per heavy atom. The molecule has 2 aliphatic carbocycles. The van der Waals surface area contributed by atoms with Gasteiger partial charge >= 0.3 is 6.09 Å². The molecule has 9 nitrogen and oxygen atoms in total. The van der Waals surface area contributed by atoms with Gasteiger partial charge in [0.15, 0.2) is 12.6 Å². The number of carbonyl (C=O) groups excluding carboxylic acids is 1. The Labute approximate surface area is 324 Å². The maximum Gasteiger partial charge on any atom is 0.410 e. The lowest BCUT2D eigenvalue weighted by Crippen LogP contribution is -2.43. The van der Waals surface area contributed by atoms with E-state index < -0.39 is 25.3 Å². The Morgan fingerprint density at radius 1 is 0.982 bits per heavy atom. The predicted molar refractivity (Wildman–Crippen MR) is 213 cm³/mol. The lowest BCUT2D eigenvalue weighted by molar-refractivity contribution is 0.0270. The van der Waals surface area contributed by atoms with E-state index in [1.165, 1.54) is 20.3 Å². The highest BCUT2D eigenvalue weighted by Gasteiger charge is 2.60. The van der Waals surface area contributed by atoms with Crippen LogP contribution in [-0.4, -0.2) is 73.5 Å². The van der Waals surface area contributed by atoms with Crippen LogP contribution in [0.1, 0.15) is 98.4 Å². The highest BCUT2D eigenvalue weighted by molar-refractivity contribution is 6.90. The SMILES string of the molecule is COCOc1cc(-c2nc(OC)c3c(C4[C@H]5CN(C(=O)OC(C)(C)C)C[C@@H]45)nn(C4CC4)c3c2F)c2c(C#C[Si](C(C)C)(C(C)C)C(C)C)c(F)ccc2c1. The lowest BCUT2D eigenvalue weighted by Gasteiger charge is -2.38. The number of piperidine rings is 1. The summed E-state index contributed by atoms with van der Waals surface area (Å²) < 4.78 is 58.4. The Morgan fingerprint density at radius 3 is 2.20 bits per heavy atom. The van der Waals surface area contributed by atoms with E-state index in [1.54, 1.807) is 27.8 Å². The number of likely N-dealkylation sites (tertiary alicyclic amines) is 1. The highest BCUT2D eigenvalue weighted by Crippen LogP contribution is 2.60. The summed E-state index contributed by atoms with van der Waals surface area (Å²) in [5.74, 6) is 3.34. The number of carbonyl (C=O) groups is 1. The van der Waals surface area contributed by atoms with Gasteiger partial charge in [-0.1, -0.05) is 53.5 Å². The molecule has 7 rings (SSSR count). The smallest absolute Gasteiger partial charge is 0.410 e. The van der Waals surface area contributed by atoms with E-state index in [2.05, 4.69) is 53.0 Å². The van der Waals surface area contributed by atoms with Gasteiger partial charge in [0.05, 0.1) is 29.8 Å². The molecule has 2 saturated carbocycles. The standard InChI is InChI=1S/C43H54F2N4O5Si/c1-23(2)55(24(3)4,25(5)6)17-16-29-33(44)15-12-26-18-28(53-22-51-10)19-30(34(26)29)38-37(45)40-36(41(46-38)52-11)39(47-49(40)27-13-14-27)35-31-20-48(21-32(31)35)42(50)54-43(7,8)9/h12,15,18-19,23-25,27,31-32,35H,13-14,20-22H2,1-11H3/t31-,32+,35?. The van der Waals surface area contributed by atoms with Crippen LogP contribution in [0.5, 0.6) is 11.6 Å². The van der Waals surface area contributed by atoms with Gasteiger partial charge in [0.25, 0.3) is 0 Å². The van der Waals surface area contributed by atoms with E-state index in [1.807, 2.05) is 20.8 Å². The number of hydrogen-bond acceptors (Lipinski definition) is 7. The van der Waals surface area contributed by atoms with Gasteiger partial charge in [-0.2, -0.15) is 5.10 Å². The molecular formula is C43H54F2N4O5Si. The minimum absolute atomic E-state index is 0.00592. The summed E-state index contributed by atoms with van der Waals surface area (Å²) in [7, 11) is 0.782. The monoisotopic (exact) mass is 772 g/mol. The van der Waals surface area contributed by atoms with Crippen LogP contribution in [0.2, 0.25) is 16.6 Å². The van der Waals surface area contributed by atoms with Crippen LogP contribution in [0.3, 0.4) is 0 Å². The van der Waals surface area contributed by atoms with Crippen molar-refractivity contribution in [3.63, 3.8) is 0 Å². The number of amides is 1. The maximum atomic E-state index is 17.6. The fourth-order valence-electron chi connectivity index (χ4n) is 9.28. The van der Waals surface area contributed by atoms with E-state index >= 15 is 8.78 Å². The van der Waals surface area contributed by atoms with Crippen molar-refractivity contribution in [2.24, 2.45) is 11.8 Å². The van der Waals surface area contributed by atoms with Crippen molar-refractivity contribution in [1.29, 1.82) is 0 Å². The van der Waals surface area contributed by atoms with Gasteiger partial charge < -0.3 is 23.8 Å². The van der Waals surface area contributed by atoms with Gasteiger partial charge in [-0.05, 0) is 85.7 Å². The normalized spacial score (nSPS) is 19.7. The van der Waals surface area contributed by atoms with Crippen molar-refractivity contribution in [2.45, 2.75) is 109 Å². The molecule has 55 heavy (non-hydrogen) atoms. The number of benzene rings is 2. The summed E-state index contributed by atoms with van der Waals surface area (Å²) in [6.07, 6.45) is 1.43. The molecule has 3 aliphatic rings. The van der Waals surface area contributed by atoms with Crippen LogP contribution < -0.4 is 9.47 Å². The molecule has 1 amide bonds. The summed E-state index contributed by atoms with van der Waals surface area (Å²) in [5.41, 5.74) is 5.72. The summed E-state index contributed by atoms with van der Waals surface area (Å²) >= 11 is 0. The van der Waals surface area contributed by atoms with Crippen LogP contribution in [0, 0.1) is 34.9 Å². The molecule has 2 aromatic carbocycles. The molecule has 2 aromatic heterocycles. The first kappa shape index (κ1) is 39.0. The number of ether oxygens (including phenoxy) is 4. The fourth-order valence-corrected chi connectivity index (χ4v) is 14.5. The van der Waals surface area contributed by atoms with Gasteiger partial charge in [-0.15, -0.1) is 5.54 Å². The number of hydrogen-bond donors (Lipinski definition) is 0. The zero-order chi connectivity index (χ0) is 39.7. The minimum atomic E-state index is -2.27. The Hall–Kier alpha value is -4.21. The molecule has 4 aromatic rings. The zero-order valence-electron chi connectivity index (χ0n) is 34.0. The number of methoxy groups -OCH3 is 2. The molecule has 0 spiro atoms. The number of pyridine rings is 1. The van der Waals surface area contributed by atoms with Gasteiger partial charge in [0.1, 0.15) is 36.5 Å². The highest BCUT2D eigenvalue weighted by atomic mass is 28.3. The van der Waals surface area contributed by atoms with Crippen molar-refractivity contribution < 1.29 is 32.5 Å². The average molecular weight is 773 g/mol. The molecule has 12 heteroatoms. The molecule has 3 heterocycles. The lowest BCUT2D eigenvalue weighted by atomic mass is 9.95. The molecule has 3 fully saturated rings. The number of fused-ring (bicyclic) bond motifs is 3. The van der Waals surface area contributed by atoms with Gasteiger partial charge in [-0.3, -0.25) is 4.68 Å². The average Bonchev–Trinajstić information content (AvgIpc) is 3.99. The first-order valence-corrected chi connectivity index (χ1v) is 21.8. The summed E-state index contributed by atoms with van der Waals surface area (Å²) in [4.78, 5) is 19.5. The second kappa shape index (κ2) is 14.4. The predicted octanol–water partition coefficient (Wildman–Crippen LogP) is 10.0. The van der Waals surface area contributed by atoms with Gasteiger partial charge in [0.2, 0.25) is 5.88 Å². The van der Waals surface area contributed by atoms with E-state index in [4.69, 9.17) is 29.0 Å². The zero-order valence-corrected chi connectivity index (χ0v) is 35.0. The molecule has 1 unspecified atom stereocenters. The Balaban J connectivity index is 1.41. The van der Waals surface area contributed by atoms with Crippen LogP contribution in [0.25, 0.3) is 32.9 Å². The van der Waals surface area contributed by atoms with Crippen LogP contribution in [0.4, 0.5) is 13.6 Å². The third kappa shape index (κ3) is 6.85. The van der Waals surface area contributed by atoms with Crippen molar-refractivity contribution in [1.82, 2.24) is 19.7 Å². The van der Waals surface area contributed by atoms with E-state index in [-0.39, 0.29) is 53.8 Å². The Kier molecular flexibility index (Phi) is 10.2. The first-order valence-electron chi connectivity index (χ1n) is 19.6. The van der Waals surface area contributed by atoms with Crippen LogP contribution in [0.15, 0.2) is 24.3 Å². The fraction of sp³-hybridized carbons (Fsp3) is 0.558. The van der Waals surface area contributed by atoms with Gasteiger partial charge in [0, 0.05) is 37.1 Å². The molecule has 0 N–H and O–H groups in total. The third-order valence-electron chi connectivity index (χ3n) is 11.9. The van der Waals surface area contributed by atoms with Crippen molar-refractivity contribution >= 4 is 35.8 Å². The summed E-state index contributed by atoms with van der Waals surface area (Å²) in [6.45, 7) is 19.9. The molecule has 1 aliphatic heterocycles. The summed E-state index contributed by atoms with van der Waals surface area (Å²) in [5, 5.41) is 6.73. The molecule has 294 valence electrons. The van der Waals surface area contributed by atoms with E-state index in [0.717, 1.165) is 18.5 Å². The molecular weight excluding hydrogens is 719 g/mol. The molecule has 0 bridgehead atoms. The Bertz CT molecular complexity index is 2180. The second-order valence-electron chi connectivity index (χ2n) is 17.5. The number of halogens is 2. The maximum absolute atomic E-state index is 17.6. The topological polar surface area (TPSA) is 87.9 Å². The van der Waals surface area contributed by atoms with Crippen molar-refractivity contribution in [3.05, 3.63) is 47.2 Å². The van der Waals surface area contributed by atoms with Gasteiger partial charge in [-0.25, -0.2) is 18.6 Å². The quantitative estimate of drug-likeness (QED) is 0.0901. The minimum Gasteiger partial charge on any atom is -0.480 e. The third-order valence-corrected chi connectivity index (χ3v) is 18.2. The van der Waals surface area contributed by atoms with Crippen molar-refractivity contribution in [2.75, 3.05) is 34.1 Å². The molecule has 0 radical (unpaired) electrons. The summed E-state index contributed by atoms with van der Waals surface area (Å²) in [6, 6.07) is 6.61. The number of rotatable bonds is 10. The van der Waals surface area contributed by atoms with Crippen LogP contribution in [-0.2, 0) is 9.47 Å². The van der Waals surface area contributed by atoms with E-state index in [0.29, 0.717) is 62.7 Å². The van der Waals surface area contributed by atoms with Crippen LogP contribution >= 0.6 is 0 Å². The van der Waals surface area contributed by atoms with Crippen molar-refractivity contribution in [3.8, 4) is 34.4 Å².